The summed E-state index contributed by atoms with van der Waals surface area (Å²) in [6.07, 6.45) is 0.928. The number of carbonyl (C=O) groups is 1. The standard InChI is InChI=1S/C10H16N4O4/c1-18-6-8(15)4-13-2-7(3-13)14-5-9(10(16)17)11-12-14/h5,7-8,15H,2-4,6H2,1H3,(H,16,17). The Balaban J connectivity index is 1.79. The molecule has 0 aromatic carbocycles. The second-order valence-corrected chi connectivity index (χ2v) is 4.37. The average molecular weight is 256 g/mol. The van der Waals surface area contributed by atoms with Crippen LogP contribution in [0.2, 0.25) is 0 Å². The van der Waals surface area contributed by atoms with Crippen LogP contribution in [0.25, 0.3) is 0 Å². The number of rotatable bonds is 6. The largest absolute Gasteiger partial charge is 0.476 e. The van der Waals surface area contributed by atoms with Crippen LogP contribution in [-0.4, -0.2) is 75.5 Å². The zero-order chi connectivity index (χ0) is 13.1. The van der Waals surface area contributed by atoms with E-state index in [4.69, 9.17) is 9.84 Å². The van der Waals surface area contributed by atoms with Crippen molar-refractivity contribution in [1.82, 2.24) is 19.9 Å². The Bertz CT molecular complexity index is 416. The van der Waals surface area contributed by atoms with E-state index in [1.807, 2.05) is 0 Å². The van der Waals surface area contributed by atoms with Gasteiger partial charge < -0.3 is 14.9 Å². The summed E-state index contributed by atoms with van der Waals surface area (Å²) in [5, 5.41) is 25.6. The first-order valence-electron chi connectivity index (χ1n) is 5.64. The third-order valence-corrected chi connectivity index (χ3v) is 2.87. The van der Waals surface area contributed by atoms with Crippen LogP contribution in [0, 0.1) is 0 Å². The van der Waals surface area contributed by atoms with Crippen molar-refractivity contribution in [3.8, 4) is 0 Å². The summed E-state index contributed by atoms with van der Waals surface area (Å²) in [6.45, 7) is 2.31. The number of β-amino-alcohol motifs (C(OH)–C–C–N with tert-alkyl or cyclic N) is 1. The van der Waals surface area contributed by atoms with Crippen molar-refractivity contribution in [2.45, 2.75) is 12.1 Å². The maximum absolute atomic E-state index is 10.7. The predicted molar refractivity (Wildman–Crippen MR) is 60.3 cm³/mol. The topological polar surface area (TPSA) is 101 Å². The summed E-state index contributed by atoms with van der Waals surface area (Å²) in [5.74, 6) is -1.08. The molecule has 18 heavy (non-hydrogen) atoms. The molecule has 2 N–H and O–H groups in total. The fourth-order valence-electron chi connectivity index (χ4n) is 1.96. The van der Waals surface area contributed by atoms with Crippen LogP contribution >= 0.6 is 0 Å². The predicted octanol–water partition coefficient (Wildman–Crippen LogP) is -1.16. The quantitative estimate of drug-likeness (QED) is 0.662. The Morgan fingerprint density at radius 3 is 2.94 bits per heavy atom. The number of ether oxygens (including phenoxy) is 1. The molecular formula is C10H16N4O4. The van der Waals surface area contributed by atoms with E-state index in [1.54, 1.807) is 11.8 Å². The molecule has 8 heteroatoms. The number of aromatic carboxylic acids is 1. The molecule has 1 aliphatic heterocycles. The van der Waals surface area contributed by atoms with E-state index in [-0.39, 0.29) is 11.7 Å². The highest BCUT2D eigenvalue weighted by Crippen LogP contribution is 2.20. The lowest BCUT2D eigenvalue weighted by atomic mass is 10.1. The minimum absolute atomic E-state index is 0.0483. The molecule has 2 heterocycles. The van der Waals surface area contributed by atoms with Crippen molar-refractivity contribution in [2.24, 2.45) is 0 Å². The monoisotopic (exact) mass is 256 g/mol. The summed E-state index contributed by atoms with van der Waals surface area (Å²) >= 11 is 0. The SMILES string of the molecule is COCC(O)CN1CC(n2cc(C(=O)O)nn2)C1. The first kappa shape index (κ1) is 12.9. The van der Waals surface area contributed by atoms with Gasteiger partial charge in [0.05, 0.1) is 24.9 Å². The van der Waals surface area contributed by atoms with Crippen LogP contribution < -0.4 is 0 Å². The van der Waals surface area contributed by atoms with Crippen LogP contribution in [0.15, 0.2) is 6.20 Å². The highest BCUT2D eigenvalue weighted by Gasteiger charge is 2.30. The number of methoxy groups -OCH3 is 1. The molecule has 1 saturated heterocycles. The maximum atomic E-state index is 10.7. The molecule has 1 fully saturated rings. The van der Waals surface area contributed by atoms with Gasteiger partial charge in [0.2, 0.25) is 0 Å². The summed E-state index contributed by atoms with van der Waals surface area (Å²) in [7, 11) is 1.55. The fourth-order valence-corrected chi connectivity index (χ4v) is 1.96. The Morgan fingerprint density at radius 2 is 2.39 bits per heavy atom. The second-order valence-electron chi connectivity index (χ2n) is 4.37. The lowest BCUT2D eigenvalue weighted by Crippen LogP contribution is -2.51. The van der Waals surface area contributed by atoms with Crippen molar-refractivity contribution in [2.75, 3.05) is 33.4 Å². The van der Waals surface area contributed by atoms with Crippen LogP contribution in [-0.2, 0) is 4.74 Å². The molecule has 0 saturated carbocycles. The van der Waals surface area contributed by atoms with Gasteiger partial charge in [0.25, 0.3) is 0 Å². The molecule has 0 aliphatic carbocycles. The first-order valence-corrected chi connectivity index (χ1v) is 5.64. The lowest BCUT2D eigenvalue weighted by Gasteiger charge is -2.39. The highest BCUT2D eigenvalue weighted by molar-refractivity contribution is 5.84. The van der Waals surface area contributed by atoms with Gasteiger partial charge in [-0.1, -0.05) is 5.21 Å². The number of carboxylic acids is 1. The van der Waals surface area contributed by atoms with Crippen LogP contribution in [0.4, 0.5) is 0 Å². The number of aliphatic hydroxyl groups excluding tert-OH is 1. The van der Waals surface area contributed by atoms with Crippen molar-refractivity contribution in [3.05, 3.63) is 11.9 Å². The number of hydrogen-bond donors (Lipinski definition) is 2. The molecule has 100 valence electrons. The van der Waals surface area contributed by atoms with Gasteiger partial charge in [-0.05, 0) is 0 Å². The number of aliphatic hydroxyl groups is 1. The summed E-state index contributed by atoms with van der Waals surface area (Å²) in [6, 6.07) is 0.125. The molecule has 8 nitrogen and oxygen atoms in total. The van der Waals surface area contributed by atoms with Gasteiger partial charge in [-0.15, -0.1) is 5.10 Å². The van der Waals surface area contributed by atoms with E-state index in [2.05, 4.69) is 15.2 Å². The highest BCUT2D eigenvalue weighted by atomic mass is 16.5. The van der Waals surface area contributed by atoms with E-state index >= 15 is 0 Å². The third-order valence-electron chi connectivity index (χ3n) is 2.87. The molecule has 0 amide bonds. The van der Waals surface area contributed by atoms with Gasteiger partial charge in [0, 0.05) is 26.7 Å². The number of aromatic nitrogens is 3. The van der Waals surface area contributed by atoms with Crippen LogP contribution in [0.5, 0.6) is 0 Å². The van der Waals surface area contributed by atoms with Gasteiger partial charge in [-0.25, -0.2) is 9.48 Å². The summed E-state index contributed by atoms with van der Waals surface area (Å²) < 4.78 is 6.40. The van der Waals surface area contributed by atoms with Gasteiger partial charge in [-0.2, -0.15) is 0 Å². The van der Waals surface area contributed by atoms with Crippen molar-refractivity contribution in [3.63, 3.8) is 0 Å². The number of carboxylic acid groups (broad SMARTS) is 1. The van der Waals surface area contributed by atoms with Crippen LogP contribution in [0.1, 0.15) is 16.5 Å². The first-order chi connectivity index (χ1) is 8.60. The number of hydrogen-bond acceptors (Lipinski definition) is 6. The van der Waals surface area contributed by atoms with Crippen molar-refractivity contribution >= 4 is 5.97 Å². The minimum Gasteiger partial charge on any atom is -0.476 e. The van der Waals surface area contributed by atoms with E-state index < -0.39 is 12.1 Å². The Labute approximate surface area is 104 Å². The fraction of sp³-hybridized carbons (Fsp3) is 0.700. The van der Waals surface area contributed by atoms with E-state index in [9.17, 15) is 9.90 Å². The zero-order valence-electron chi connectivity index (χ0n) is 10.1. The summed E-state index contributed by atoms with van der Waals surface area (Å²) in [4.78, 5) is 12.7. The molecule has 1 aromatic heterocycles. The Hall–Kier alpha value is -1.51. The normalized spacial score (nSPS) is 18.6. The molecule has 0 bridgehead atoms. The van der Waals surface area contributed by atoms with E-state index in [1.165, 1.54) is 6.20 Å². The van der Waals surface area contributed by atoms with Gasteiger partial charge in [-0.3, -0.25) is 4.90 Å². The number of nitrogens with zero attached hydrogens (tertiary/aromatic N) is 4. The summed E-state index contributed by atoms with van der Waals surface area (Å²) in [5.41, 5.74) is -0.0483. The van der Waals surface area contributed by atoms with E-state index in [0.29, 0.717) is 13.2 Å². The Morgan fingerprint density at radius 1 is 1.67 bits per heavy atom. The van der Waals surface area contributed by atoms with Gasteiger partial charge in [0.1, 0.15) is 0 Å². The number of likely N-dealkylation sites (tertiary alicyclic amines) is 1. The Kier molecular flexibility index (Phi) is 3.90. The molecule has 1 aliphatic rings. The molecular weight excluding hydrogens is 240 g/mol. The van der Waals surface area contributed by atoms with Crippen molar-refractivity contribution in [1.29, 1.82) is 0 Å². The van der Waals surface area contributed by atoms with Crippen LogP contribution in [0.3, 0.4) is 0 Å². The zero-order valence-corrected chi connectivity index (χ0v) is 10.1. The second kappa shape index (κ2) is 5.42. The molecule has 0 radical (unpaired) electrons. The van der Waals surface area contributed by atoms with Crippen molar-refractivity contribution < 1.29 is 19.7 Å². The molecule has 0 spiro atoms. The molecule has 1 atom stereocenters. The third kappa shape index (κ3) is 2.84. The van der Waals surface area contributed by atoms with Gasteiger partial charge in [0.15, 0.2) is 5.69 Å². The maximum Gasteiger partial charge on any atom is 0.358 e. The van der Waals surface area contributed by atoms with Gasteiger partial charge >= 0.3 is 5.97 Å². The minimum atomic E-state index is -1.08. The van der Waals surface area contributed by atoms with E-state index in [0.717, 1.165) is 13.1 Å². The lowest BCUT2D eigenvalue weighted by molar-refractivity contribution is 0.00358. The molecule has 1 unspecified atom stereocenters. The smallest absolute Gasteiger partial charge is 0.358 e. The molecule has 1 aromatic rings. The molecule has 2 rings (SSSR count). The average Bonchev–Trinajstić information content (AvgIpc) is 2.72.